The van der Waals surface area contributed by atoms with Gasteiger partial charge in [-0.05, 0) is 60.9 Å². The van der Waals surface area contributed by atoms with Gasteiger partial charge in [-0.3, -0.25) is 19.7 Å². The number of carbonyl (C=O) groups excluding carboxylic acids is 4. The van der Waals surface area contributed by atoms with E-state index in [1.54, 1.807) is 18.2 Å². The average molecular weight is 462 g/mol. The van der Waals surface area contributed by atoms with Crippen molar-refractivity contribution in [2.45, 2.75) is 13.8 Å². The Labute approximate surface area is 187 Å². The summed E-state index contributed by atoms with van der Waals surface area (Å²) in [5.74, 6) is -2.32. The number of nitrogens with zero attached hydrogens (tertiary/aromatic N) is 1. The molecule has 5 amide bonds. The Hall–Kier alpha value is -3.36. The molecule has 3 N–H and O–H groups in total. The first-order valence-corrected chi connectivity index (χ1v) is 9.73. The summed E-state index contributed by atoms with van der Waals surface area (Å²) in [6, 6.07) is 7.02. The lowest BCUT2D eigenvalue weighted by Crippen LogP contribution is -2.54. The molecule has 8 nitrogen and oxygen atoms in total. The van der Waals surface area contributed by atoms with E-state index < -0.39 is 30.4 Å². The number of urea groups is 1. The van der Waals surface area contributed by atoms with E-state index in [9.17, 15) is 19.2 Å². The van der Waals surface area contributed by atoms with Crippen LogP contribution in [0.3, 0.4) is 0 Å². The van der Waals surface area contributed by atoms with Gasteiger partial charge in [0.2, 0.25) is 0 Å². The second-order valence-electron chi connectivity index (χ2n) is 6.80. The Morgan fingerprint density at radius 3 is 2.32 bits per heavy atom. The fraction of sp³-hybridized carbons (Fsp3) is 0.143. The zero-order valence-corrected chi connectivity index (χ0v) is 18.0. The third-order valence-electron chi connectivity index (χ3n) is 4.54. The molecule has 2 aromatic rings. The summed E-state index contributed by atoms with van der Waals surface area (Å²) in [6.45, 7) is 3.32. The van der Waals surface area contributed by atoms with Crippen LogP contribution in [0.5, 0.6) is 5.75 Å². The van der Waals surface area contributed by atoms with E-state index in [1.807, 2.05) is 13.8 Å². The molecule has 0 aromatic heterocycles. The minimum Gasteiger partial charge on any atom is -0.481 e. The number of amides is 5. The van der Waals surface area contributed by atoms with Crippen molar-refractivity contribution in [3.8, 4) is 5.75 Å². The van der Waals surface area contributed by atoms with Gasteiger partial charge in [-0.2, -0.15) is 0 Å². The molecule has 2 aromatic carbocycles. The number of carbonyl (C=O) groups is 4. The number of imide groups is 2. The van der Waals surface area contributed by atoms with Crippen molar-refractivity contribution in [1.29, 1.82) is 0 Å². The van der Waals surface area contributed by atoms with Gasteiger partial charge in [-0.25, -0.2) is 9.69 Å². The first kappa shape index (κ1) is 22.3. The van der Waals surface area contributed by atoms with Crippen LogP contribution in [0.2, 0.25) is 10.0 Å². The highest BCUT2D eigenvalue weighted by molar-refractivity contribution is 6.40. The second kappa shape index (κ2) is 8.79. The van der Waals surface area contributed by atoms with Crippen LogP contribution in [0, 0.1) is 13.8 Å². The first-order valence-electron chi connectivity index (χ1n) is 8.97. The fourth-order valence-electron chi connectivity index (χ4n) is 2.87. The summed E-state index contributed by atoms with van der Waals surface area (Å²) in [6.07, 6.45) is 1.26. The van der Waals surface area contributed by atoms with Crippen molar-refractivity contribution in [3.63, 3.8) is 0 Å². The summed E-state index contributed by atoms with van der Waals surface area (Å²) in [7, 11) is 0. The van der Waals surface area contributed by atoms with E-state index >= 15 is 0 Å². The van der Waals surface area contributed by atoms with Crippen LogP contribution in [-0.2, 0) is 14.4 Å². The van der Waals surface area contributed by atoms with Crippen LogP contribution < -0.4 is 20.7 Å². The molecule has 0 atom stereocenters. The normalized spacial score (nSPS) is 15.3. The number of barbiturate groups is 1. The molecule has 0 aliphatic carbocycles. The molecule has 160 valence electrons. The van der Waals surface area contributed by atoms with Crippen molar-refractivity contribution >= 4 is 58.7 Å². The average Bonchev–Trinajstić information content (AvgIpc) is 2.67. The lowest BCUT2D eigenvalue weighted by Gasteiger charge is -2.27. The topological polar surface area (TPSA) is 119 Å². The smallest absolute Gasteiger partial charge is 0.335 e. The molecular formula is C21H17Cl2N3O5. The van der Waals surface area contributed by atoms with Crippen LogP contribution in [0.25, 0.3) is 6.08 Å². The number of ether oxygens (including phenoxy) is 1. The Balaban J connectivity index is 1.98. The molecule has 1 aliphatic heterocycles. The molecule has 1 aliphatic rings. The maximum absolute atomic E-state index is 13.0. The van der Waals surface area contributed by atoms with E-state index in [0.29, 0.717) is 11.3 Å². The minimum absolute atomic E-state index is 0.0376. The first-order chi connectivity index (χ1) is 14.6. The number of anilines is 1. The molecular weight excluding hydrogens is 445 g/mol. The molecule has 0 unspecified atom stereocenters. The van der Waals surface area contributed by atoms with E-state index in [-0.39, 0.29) is 21.4 Å². The molecule has 1 fully saturated rings. The lowest BCUT2D eigenvalue weighted by atomic mass is 10.0. The number of primary amides is 1. The Bertz CT molecular complexity index is 1140. The molecule has 0 spiro atoms. The molecule has 0 saturated carbocycles. The summed E-state index contributed by atoms with van der Waals surface area (Å²) in [4.78, 5) is 49.5. The van der Waals surface area contributed by atoms with Gasteiger partial charge in [0.25, 0.3) is 17.7 Å². The van der Waals surface area contributed by atoms with Gasteiger partial charge in [0.1, 0.15) is 5.57 Å². The van der Waals surface area contributed by atoms with Gasteiger partial charge < -0.3 is 10.5 Å². The summed E-state index contributed by atoms with van der Waals surface area (Å²) < 4.78 is 5.17. The maximum atomic E-state index is 13.0. The van der Waals surface area contributed by atoms with Gasteiger partial charge >= 0.3 is 6.03 Å². The third kappa shape index (κ3) is 4.70. The zero-order chi connectivity index (χ0) is 22.9. The third-order valence-corrected chi connectivity index (χ3v) is 5.10. The van der Waals surface area contributed by atoms with E-state index in [1.165, 1.54) is 18.2 Å². The van der Waals surface area contributed by atoms with Crippen molar-refractivity contribution in [2.24, 2.45) is 5.73 Å². The van der Waals surface area contributed by atoms with Crippen LogP contribution >= 0.6 is 23.2 Å². The summed E-state index contributed by atoms with van der Waals surface area (Å²) >= 11 is 12.3. The van der Waals surface area contributed by atoms with Gasteiger partial charge in [-0.15, -0.1) is 0 Å². The minimum atomic E-state index is -0.851. The number of hydrogen-bond donors (Lipinski definition) is 2. The largest absolute Gasteiger partial charge is 0.481 e. The lowest BCUT2D eigenvalue weighted by molar-refractivity contribution is -0.123. The summed E-state index contributed by atoms with van der Waals surface area (Å²) in [5.41, 5.74) is 7.27. The number of nitrogens with one attached hydrogen (secondary N) is 1. The van der Waals surface area contributed by atoms with E-state index in [2.05, 4.69) is 5.32 Å². The quantitative estimate of drug-likeness (QED) is 0.523. The van der Waals surface area contributed by atoms with Gasteiger partial charge in [0.15, 0.2) is 12.4 Å². The van der Waals surface area contributed by atoms with Crippen LogP contribution in [0.15, 0.2) is 35.9 Å². The molecule has 1 saturated heterocycles. The van der Waals surface area contributed by atoms with Crippen molar-refractivity contribution in [1.82, 2.24) is 5.32 Å². The zero-order valence-electron chi connectivity index (χ0n) is 16.5. The predicted octanol–water partition coefficient (Wildman–Crippen LogP) is 3.14. The summed E-state index contributed by atoms with van der Waals surface area (Å²) in [5, 5.41) is 2.25. The van der Waals surface area contributed by atoms with Gasteiger partial charge in [0, 0.05) is 0 Å². The van der Waals surface area contributed by atoms with Gasteiger partial charge in [0.05, 0.1) is 15.7 Å². The molecule has 31 heavy (non-hydrogen) atoms. The number of nitrogens with two attached hydrogens (primary N) is 1. The fourth-order valence-corrected chi connectivity index (χ4v) is 3.48. The Kier molecular flexibility index (Phi) is 6.33. The number of aryl methyl sites for hydroxylation is 2. The van der Waals surface area contributed by atoms with Crippen LogP contribution in [0.1, 0.15) is 16.7 Å². The van der Waals surface area contributed by atoms with Crippen molar-refractivity contribution < 1.29 is 23.9 Å². The number of benzene rings is 2. The van der Waals surface area contributed by atoms with Crippen molar-refractivity contribution in [2.75, 3.05) is 11.5 Å². The molecule has 1 heterocycles. The molecule has 3 rings (SSSR count). The number of halogens is 2. The van der Waals surface area contributed by atoms with Crippen LogP contribution in [0.4, 0.5) is 10.5 Å². The second-order valence-corrected chi connectivity index (χ2v) is 7.61. The Morgan fingerprint density at radius 2 is 1.74 bits per heavy atom. The molecule has 10 heteroatoms. The number of rotatable bonds is 5. The van der Waals surface area contributed by atoms with Gasteiger partial charge in [-0.1, -0.05) is 29.3 Å². The van der Waals surface area contributed by atoms with E-state index in [4.69, 9.17) is 33.7 Å². The Morgan fingerprint density at radius 1 is 1.10 bits per heavy atom. The van der Waals surface area contributed by atoms with Crippen molar-refractivity contribution in [3.05, 3.63) is 62.6 Å². The molecule has 0 bridgehead atoms. The SMILES string of the molecule is Cc1ccc(N2C(=O)NC(=O)/C(=C\c3cc(Cl)c(OCC(N)=O)c(Cl)c3)C2=O)cc1C. The molecule has 0 radical (unpaired) electrons. The van der Waals surface area contributed by atoms with E-state index in [0.717, 1.165) is 16.0 Å². The number of hydrogen-bond acceptors (Lipinski definition) is 5. The maximum Gasteiger partial charge on any atom is 0.335 e. The highest BCUT2D eigenvalue weighted by Gasteiger charge is 2.37. The standard InChI is InChI=1S/C21H17Cl2N3O5/c1-10-3-4-13(5-11(10)2)26-20(29)14(19(28)25-21(26)30)6-12-7-15(22)18(16(23)8-12)31-9-17(24)27/h3-8H,9H2,1-2H3,(H2,24,27)(H,25,28,30)/b14-6+. The monoisotopic (exact) mass is 461 g/mol. The highest BCUT2D eigenvalue weighted by atomic mass is 35.5. The highest BCUT2D eigenvalue weighted by Crippen LogP contribution is 2.35. The van der Waals surface area contributed by atoms with Crippen LogP contribution in [-0.4, -0.2) is 30.4 Å². The predicted molar refractivity (Wildman–Crippen MR) is 116 cm³/mol.